The molecule has 0 aliphatic carbocycles. The lowest BCUT2D eigenvalue weighted by molar-refractivity contribution is 0.101. The van der Waals surface area contributed by atoms with E-state index < -0.39 is 0 Å². The molecule has 0 N–H and O–H groups in total. The van der Waals surface area contributed by atoms with Gasteiger partial charge in [-0.05, 0) is 57.9 Å². The van der Waals surface area contributed by atoms with E-state index >= 15 is 0 Å². The van der Waals surface area contributed by atoms with Gasteiger partial charge in [-0.3, -0.25) is 9.69 Å². The van der Waals surface area contributed by atoms with Crippen LogP contribution >= 0.6 is 0 Å². The van der Waals surface area contributed by atoms with Crippen LogP contribution in [0.15, 0.2) is 12.1 Å². The number of nitrogens with zero attached hydrogens (tertiary/aromatic N) is 2. The molecule has 2 saturated heterocycles. The van der Waals surface area contributed by atoms with Crippen molar-refractivity contribution in [2.75, 3.05) is 24.5 Å². The monoisotopic (exact) mass is 290 g/mol. The molecule has 4 heteroatoms. The largest absolute Gasteiger partial charge is 0.365 e. The van der Waals surface area contributed by atoms with Crippen LogP contribution in [0.4, 0.5) is 10.1 Å². The second kappa shape index (κ2) is 5.41. The Balaban J connectivity index is 1.98. The number of benzene rings is 1. The van der Waals surface area contributed by atoms with E-state index in [-0.39, 0.29) is 11.6 Å². The van der Waals surface area contributed by atoms with E-state index in [1.807, 2.05) is 6.07 Å². The molecule has 0 spiro atoms. The number of carbonyl (C=O) groups is 1. The molecule has 2 fully saturated rings. The van der Waals surface area contributed by atoms with Crippen LogP contribution < -0.4 is 4.90 Å². The Bertz CT molecular complexity index is 572. The van der Waals surface area contributed by atoms with Gasteiger partial charge in [0.25, 0.3) is 0 Å². The molecular formula is C17H23FN2O. The zero-order chi connectivity index (χ0) is 15.1. The molecule has 2 aliphatic rings. The van der Waals surface area contributed by atoms with Crippen molar-refractivity contribution in [1.82, 2.24) is 4.90 Å². The van der Waals surface area contributed by atoms with E-state index in [0.717, 1.165) is 18.8 Å². The molecule has 3 nitrogen and oxygen atoms in total. The van der Waals surface area contributed by atoms with Crippen molar-refractivity contribution in [3.8, 4) is 0 Å². The van der Waals surface area contributed by atoms with Crippen LogP contribution in [0, 0.1) is 12.7 Å². The minimum absolute atomic E-state index is 0.0649. The predicted octanol–water partition coefficient (Wildman–Crippen LogP) is 3.01. The number of anilines is 1. The SMILES string of the molecule is CC(=O)c1cc(F)c(C)cc1N1CC2CCCN2CC1C. The average molecular weight is 290 g/mol. The summed E-state index contributed by atoms with van der Waals surface area (Å²) in [4.78, 5) is 16.8. The summed E-state index contributed by atoms with van der Waals surface area (Å²) in [6.07, 6.45) is 2.48. The zero-order valence-electron chi connectivity index (χ0n) is 13.0. The molecule has 2 aliphatic heterocycles. The molecule has 0 radical (unpaired) electrons. The smallest absolute Gasteiger partial charge is 0.161 e. The van der Waals surface area contributed by atoms with Gasteiger partial charge in [-0.15, -0.1) is 0 Å². The molecule has 21 heavy (non-hydrogen) atoms. The van der Waals surface area contributed by atoms with Gasteiger partial charge in [0.05, 0.1) is 0 Å². The quantitative estimate of drug-likeness (QED) is 0.782. The highest BCUT2D eigenvalue weighted by Crippen LogP contribution is 2.32. The molecule has 3 rings (SSSR count). The molecule has 0 saturated carbocycles. The van der Waals surface area contributed by atoms with Gasteiger partial charge in [0.1, 0.15) is 5.82 Å². The van der Waals surface area contributed by atoms with Crippen molar-refractivity contribution < 1.29 is 9.18 Å². The maximum Gasteiger partial charge on any atom is 0.161 e. The van der Waals surface area contributed by atoms with Gasteiger partial charge in [-0.25, -0.2) is 4.39 Å². The number of hydrogen-bond acceptors (Lipinski definition) is 3. The van der Waals surface area contributed by atoms with Crippen LogP contribution in [-0.2, 0) is 0 Å². The highest BCUT2D eigenvalue weighted by atomic mass is 19.1. The number of piperazine rings is 1. The number of ketones is 1. The summed E-state index contributed by atoms with van der Waals surface area (Å²) < 4.78 is 13.8. The molecule has 2 atom stereocenters. The second-order valence-electron chi connectivity index (χ2n) is 6.47. The lowest BCUT2D eigenvalue weighted by Crippen LogP contribution is -2.55. The number of rotatable bonds is 2. The van der Waals surface area contributed by atoms with Crippen molar-refractivity contribution in [2.24, 2.45) is 0 Å². The number of aryl methyl sites for hydroxylation is 1. The Hall–Kier alpha value is -1.42. The summed E-state index contributed by atoms with van der Waals surface area (Å²) in [6, 6.07) is 4.17. The van der Waals surface area contributed by atoms with Gasteiger partial charge in [-0.2, -0.15) is 0 Å². The zero-order valence-corrected chi connectivity index (χ0v) is 13.0. The van der Waals surface area contributed by atoms with Crippen molar-refractivity contribution in [1.29, 1.82) is 0 Å². The summed E-state index contributed by atoms with van der Waals surface area (Å²) in [5.74, 6) is -0.360. The summed E-state index contributed by atoms with van der Waals surface area (Å²) in [5.41, 5.74) is 2.02. The van der Waals surface area contributed by atoms with Crippen LogP contribution in [0.1, 0.15) is 42.6 Å². The highest BCUT2D eigenvalue weighted by Gasteiger charge is 2.35. The van der Waals surface area contributed by atoms with E-state index in [0.29, 0.717) is 23.2 Å². The molecule has 114 valence electrons. The lowest BCUT2D eigenvalue weighted by atomic mass is 10.0. The fourth-order valence-corrected chi connectivity index (χ4v) is 3.71. The maximum absolute atomic E-state index is 13.8. The second-order valence-corrected chi connectivity index (χ2v) is 6.47. The van der Waals surface area contributed by atoms with E-state index in [2.05, 4.69) is 16.7 Å². The first kappa shape index (κ1) is 14.5. The van der Waals surface area contributed by atoms with Crippen LogP contribution in [0.25, 0.3) is 0 Å². The van der Waals surface area contributed by atoms with Crippen LogP contribution in [0.2, 0.25) is 0 Å². The van der Waals surface area contributed by atoms with Gasteiger partial charge in [0.15, 0.2) is 5.78 Å². The third kappa shape index (κ3) is 2.57. The van der Waals surface area contributed by atoms with Gasteiger partial charge in [0.2, 0.25) is 0 Å². The van der Waals surface area contributed by atoms with Crippen LogP contribution in [0.3, 0.4) is 0 Å². The Morgan fingerprint density at radius 2 is 2.10 bits per heavy atom. The van der Waals surface area contributed by atoms with Gasteiger partial charge < -0.3 is 4.90 Å². The lowest BCUT2D eigenvalue weighted by Gasteiger charge is -2.44. The third-order valence-electron chi connectivity index (χ3n) is 4.90. The van der Waals surface area contributed by atoms with E-state index in [1.165, 1.54) is 32.4 Å². The van der Waals surface area contributed by atoms with Crippen LogP contribution in [-0.4, -0.2) is 42.4 Å². The topological polar surface area (TPSA) is 23.6 Å². The molecule has 2 heterocycles. The Morgan fingerprint density at radius 3 is 2.81 bits per heavy atom. The molecule has 0 bridgehead atoms. The Morgan fingerprint density at radius 1 is 1.33 bits per heavy atom. The van der Waals surface area contributed by atoms with E-state index in [4.69, 9.17) is 0 Å². The van der Waals surface area contributed by atoms with Gasteiger partial charge >= 0.3 is 0 Å². The van der Waals surface area contributed by atoms with Crippen molar-refractivity contribution >= 4 is 11.5 Å². The van der Waals surface area contributed by atoms with E-state index in [1.54, 1.807) is 6.92 Å². The summed E-state index contributed by atoms with van der Waals surface area (Å²) in [7, 11) is 0. The molecule has 1 aromatic rings. The summed E-state index contributed by atoms with van der Waals surface area (Å²) in [5, 5.41) is 0. The minimum atomic E-state index is -0.295. The van der Waals surface area contributed by atoms with E-state index in [9.17, 15) is 9.18 Å². The highest BCUT2D eigenvalue weighted by molar-refractivity contribution is 6.00. The van der Waals surface area contributed by atoms with Crippen molar-refractivity contribution in [2.45, 2.75) is 45.7 Å². The Labute approximate surface area is 125 Å². The fraction of sp³-hybridized carbons (Fsp3) is 0.588. The minimum Gasteiger partial charge on any atom is -0.365 e. The number of fused-ring (bicyclic) bond motifs is 1. The normalized spacial score (nSPS) is 26.0. The third-order valence-corrected chi connectivity index (χ3v) is 4.90. The first-order valence-corrected chi connectivity index (χ1v) is 7.79. The van der Waals surface area contributed by atoms with Gasteiger partial charge in [-0.1, -0.05) is 0 Å². The Kier molecular flexibility index (Phi) is 3.74. The molecular weight excluding hydrogens is 267 g/mol. The number of halogens is 1. The first-order valence-electron chi connectivity index (χ1n) is 7.79. The van der Waals surface area contributed by atoms with Crippen molar-refractivity contribution in [3.63, 3.8) is 0 Å². The predicted molar refractivity (Wildman–Crippen MR) is 82.5 cm³/mol. The number of hydrogen-bond donors (Lipinski definition) is 0. The van der Waals surface area contributed by atoms with Crippen LogP contribution in [0.5, 0.6) is 0 Å². The molecule has 2 unspecified atom stereocenters. The number of carbonyl (C=O) groups excluding carboxylic acids is 1. The fourth-order valence-electron chi connectivity index (χ4n) is 3.71. The summed E-state index contributed by atoms with van der Waals surface area (Å²) in [6.45, 7) is 8.62. The van der Waals surface area contributed by atoms with Gasteiger partial charge in [0, 0.05) is 36.4 Å². The molecule has 1 aromatic carbocycles. The first-order chi connectivity index (χ1) is 9.97. The summed E-state index contributed by atoms with van der Waals surface area (Å²) >= 11 is 0. The average Bonchev–Trinajstić information content (AvgIpc) is 2.87. The number of Topliss-reactive ketones (excluding diaryl/α,β-unsaturated/α-hetero) is 1. The molecule has 0 aromatic heterocycles. The molecule has 0 amide bonds. The van der Waals surface area contributed by atoms with Crippen molar-refractivity contribution in [3.05, 3.63) is 29.1 Å². The standard InChI is InChI=1S/C17H23FN2O/c1-11-7-17(15(13(3)21)8-16(11)18)20-10-14-5-4-6-19(14)9-12(20)2/h7-8,12,14H,4-6,9-10H2,1-3H3. The maximum atomic E-state index is 13.8.